The van der Waals surface area contributed by atoms with E-state index in [1.165, 1.54) is 12.1 Å². The highest BCUT2D eigenvalue weighted by Crippen LogP contribution is 2.31. The van der Waals surface area contributed by atoms with Crippen molar-refractivity contribution in [2.45, 2.75) is 44.7 Å². The third kappa shape index (κ3) is 5.19. The Hall–Kier alpha value is -3.51. The summed E-state index contributed by atoms with van der Waals surface area (Å²) in [7, 11) is 0. The number of nitrogens with zero attached hydrogens (tertiary/aromatic N) is 3. The molecule has 1 saturated heterocycles. The van der Waals surface area contributed by atoms with Gasteiger partial charge in [-0.3, -0.25) is 9.69 Å². The second-order valence-corrected chi connectivity index (χ2v) is 9.67. The Morgan fingerprint density at radius 1 is 1.08 bits per heavy atom. The Bertz CT molecular complexity index is 1280. The van der Waals surface area contributed by atoms with Crippen LogP contribution in [0.1, 0.15) is 53.8 Å². The van der Waals surface area contributed by atoms with Crippen molar-refractivity contribution < 1.29 is 9.18 Å². The summed E-state index contributed by atoms with van der Waals surface area (Å²) in [6.45, 7) is 4.34. The third-order valence-corrected chi connectivity index (χ3v) is 7.35. The minimum Gasteiger partial charge on any atom is -0.347 e. The smallest absolute Gasteiger partial charge is 0.254 e. The van der Waals surface area contributed by atoms with Gasteiger partial charge in [0, 0.05) is 37.4 Å². The van der Waals surface area contributed by atoms with E-state index in [9.17, 15) is 9.18 Å². The molecule has 6 heteroatoms. The molecule has 1 aliphatic rings. The van der Waals surface area contributed by atoms with E-state index in [0.29, 0.717) is 13.1 Å². The van der Waals surface area contributed by atoms with E-state index >= 15 is 0 Å². The van der Waals surface area contributed by atoms with Crippen LogP contribution < -0.4 is 0 Å². The summed E-state index contributed by atoms with van der Waals surface area (Å²) in [5, 5.41) is 2.09. The van der Waals surface area contributed by atoms with Gasteiger partial charge in [0.2, 0.25) is 0 Å². The molecule has 0 bridgehead atoms. The highest BCUT2D eigenvalue weighted by atomic mass is 19.1. The second kappa shape index (κ2) is 11.0. The van der Waals surface area contributed by atoms with Gasteiger partial charge in [0.1, 0.15) is 5.82 Å². The Labute approximate surface area is 212 Å². The topological polar surface area (TPSA) is 52.2 Å². The average Bonchev–Trinajstić information content (AvgIpc) is 3.46. The fraction of sp³-hybridized carbons (Fsp3) is 0.333. The molecule has 5 nitrogen and oxygen atoms in total. The number of imidazole rings is 1. The molecule has 2 heterocycles. The molecule has 36 heavy (non-hydrogen) atoms. The molecule has 0 spiro atoms. The van der Waals surface area contributed by atoms with Crippen molar-refractivity contribution in [1.82, 2.24) is 19.8 Å². The summed E-state index contributed by atoms with van der Waals surface area (Å²) in [6, 6.07) is 21.1. The fourth-order valence-electron chi connectivity index (χ4n) is 5.44. The van der Waals surface area contributed by atoms with E-state index in [1.807, 2.05) is 53.6 Å². The molecule has 5 rings (SSSR count). The monoisotopic (exact) mass is 484 g/mol. The normalized spacial score (nSPS) is 17.4. The zero-order chi connectivity index (χ0) is 24.9. The standard InChI is InChI=1S/C30H33FN4O/c1-2-3-9-25-20-34(30(36)27-11-6-8-23-7-4-5-10-26(23)27)16-17-35(25)29(28-19-32-21-33-28)18-22-12-14-24(31)15-13-22/h4-8,10-15,19,21,25,29H,2-3,9,16-18,20H2,1H3,(H,32,33)/t25-,29?/m0/s1. The van der Waals surface area contributed by atoms with Crippen LogP contribution in [-0.2, 0) is 6.42 Å². The van der Waals surface area contributed by atoms with Crippen LogP contribution in [0.3, 0.4) is 0 Å². The molecule has 0 radical (unpaired) electrons. The number of piperazine rings is 1. The predicted octanol–water partition coefficient (Wildman–Crippen LogP) is 6.00. The van der Waals surface area contributed by atoms with Crippen molar-refractivity contribution in [3.05, 3.63) is 102 Å². The van der Waals surface area contributed by atoms with Crippen molar-refractivity contribution in [2.75, 3.05) is 19.6 Å². The zero-order valence-corrected chi connectivity index (χ0v) is 20.7. The SMILES string of the molecule is CCCC[C@H]1CN(C(=O)c2cccc3ccccc23)CCN1C(Cc1ccc(F)cc1)c1cnc[nH]1. The van der Waals surface area contributed by atoms with Crippen LogP contribution in [0, 0.1) is 5.82 Å². The summed E-state index contributed by atoms with van der Waals surface area (Å²) in [6.07, 6.45) is 7.58. The van der Waals surface area contributed by atoms with Crippen molar-refractivity contribution >= 4 is 16.7 Å². The number of rotatable bonds is 8. The highest BCUT2D eigenvalue weighted by molar-refractivity contribution is 6.07. The molecule has 3 aromatic carbocycles. The van der Waals surface area contributed by atoms with Gasteiger partial charge in [0.25, 0.3) is 5.91 Å². The number of carbonyl (C=O) groups excluding carboxylic acids is 1. The number of benzene rings is 3. The van der Waals surface area contributed by atoms with Crippen molar-refractivity contribution in [3.63, 3.8) is 0 Å². The maximum absolute atomic E-state index is 13.7. The van der Waals surface area contributed by atoms with Gasteiger partial charge < -0.3 is 9.88 Å². The maximum atomic E-state index is 13.7. The second-order valence-electron chi connectivity index (χ2n) is 9.67. The van der Waals surface area contributed by atoms with Crippen molar-refractivity contribution in [1.29, 1.82) is 0 Å². The van der Waals surface area contributed by atoms with Gasteiger partial charge in [-0.2, -0.15) is 0 Å². The fourth-order valence-corrected chi connectivity index (χ4v) is 5.44. The molecular weight excluding hydrogens is 451 g/mol. The predicted molar refractivity (Wildman–Crippen MR) is 141 cm³/mol. The van der Waals surface area contributed by atoms with Gasteiger partial charge in [0.15, 0.2) is 0 Å². The van der Waals surface area contributed by atoms with E-state index in [-0.39, 0.29) is 23.8 Å². The number of H-pyrrole nitrogens is 1. The number of nitrogens with one attached hydrogen (secondary N) is 1. The van der Waals surface area contributed by atoms with Gasteiger partial charge in [-0.15, -0.1) is 0 Å². The number of amides is 1. The largest absolute Gasteiger partial charge is 0.347 e. The molecule has 186 valence electrons. The molecule has 1 aromatic heterocycles. The van der Waals surface area contributed by atoms with Gasteiger partial charge in [-0.05, 0) is 47.4 Å². The Balaban J connectivity index is 1.41. The van der Waals surface area contributed by atoms with Crippen LogP contribution in [0.2, 0.25) is 0 Å². The van der Waals surface area contributed by atoms with Crippen LogP contribution in [0.15, 0.2) is 79.3 Å². The van der Waals surface area contributed by atoms with Gasteiger partial charge in [-0.25, -0.2) is 9.37 Å². The number of hydrogen-bond acceptors (Lipinski definition) is 3. The number of carbonyl (C=O) groups is 1. The molecule has 1 amide bonds. The molecule has 1 N–H and O–H groups in total. The van der Waals surface area contributed by atoms with Crippen LogP contribution in [0.25, 0.3) is 10.8 Å². The quantitative estimate of drug-likeness (QED) is 0.334. The van der Waals surface area contributed by atoms with E-state index in [4.69, 9.17) is 0 Å². The molecule has 1 aliphatic heterocycles. The molecule has 4 aromatic rings. The van der Waals surface area contributed by atoms with E-state index in [1.54, 1.807) is 6.33 Å². The average molecular weight is 485 g/mol. The summed E-state index contributed by atoms with van der Waals surface area (Å²) in [4.78, 5) is 25.9. The first kappa shape index (κ1) is 24.2. The maximum Gasteiger partial charge on any atom is 0.254 e. The number of aromatic amines is 1. The van der Waals surface area contributed by atoms with Crippen LogP contribution in [0.5, 0.6) is 0 Å². The Kier molecular flexibility index (Phi) is 7.42. The molecular formula is C30H33FN4O. The number of halogens is 1. The lowest BCUT2D eigenvalue weighted by atomic mass is 9.96. The zero-order valence-electron chi connectivity index (χ0n) is 20.7. The molecule has 2 atom stereocenters. The first-order valence-electron chi connectivity index (χ1n) is 12.9. The minimum atomic E-state index is -0.224. The van der Waals surface area contributed by atoms with Crippen LogP contribution in [-0.4, -0.2) is 51.4 Å². The number of unbranched alkanes of at least 4 members (excludes halogenated alkanes) is 1. The Morgan fingerprint density at radius 3 is 2.67 bits per heavy atom. The summed E-state index contributed by atoms with van der Waals surface area (Å²) in [5.74, 6) is -0.122. The van der Waals surface area contributed by atoms with E-state index in [0.717, 1.165) is 59.8 Å². The first-order valence-corrected chi connectivity index (χ1v) is 12.9. The molecule has 0 saturated carbocycles. The number of fused-ring (bicyclic) bond motifs is 1. The van der Waals surface area contributed by atoms with Gasteiger partial charge in [-0.1, -0.05) is 68.3 Å². The van der Waals surface area contributed by atoms with E-state index < -0.39 is 0 Å². The highest BCUT2D eigenvalue weighted by Gasteiger charge is 2.35. The van der Waals surface area contributed by atoms with Crippen molar-refractivity contribution in [3.8, 4) is 0 Å². The lowest BCUT2D eigenvalue weighted by Gasteiger charge is -2.45. The molecule has 1 fully saturated rings. The van der Waals surface area contributed by atoms with Gasteiger partial charge in [0.05, 0.1) is 18.1 Å². The minimum absolute atomic E-state index is 0.0784. The lowest BCUT2D eigenvalue weighted by Crippen LogP contribution is -2.56. The van der Waals surface area contributed by atoms with Gasteiger partial charge >= 0.3 is 0 Å². The molecule has 1 unspecified atom stereocenters. The Morgan fingerprint density at radius 2 is 1.89 bits per heavy atom. The summed E-state index contributed by atoms with van der Waals surface area (Å²) >= 11 is 0. The lowest BCUT2D eigenvalue weighted by molar-refractivity contribution is 0.0277. The van der Waals surface area contributed by atoms with Crippen LogP contribution in [0.4, 0.5) is 4.39 Å². The van der Waals surface area contributed by atoms with Crippen LogP contribution >= 0.6 is 0 Å². The molecule has 0 aliphatic carbocycles. The summed E-state index contributed by atoms with van der Waals surface area (Å²) in [5.41, 5.74) is 2.90. The van der Waals surface area contributed by atoms with E-state index in [2.05, 4.69) is 33.9 Å². The first-order chi connectivity index (χ1) is 17.6. The van der Waals surface area contributed by atoms with Crippen molar-refractivity contribution in [2.24, 2.45) is 0 Å². The number of aromatic nitrogens is 2. The number of hydrogen-bond donors (Lipinski definition) is 1. The third-order valence-electron chi connectivity index (χ3n) is 7.35. The summed E-state index contributed by atoms with van der Waals surface area (Å²) < 4.78 is 13.5.